The van der Waals surface area contributed by atoms with E-state index in [1.807, 2.05) is 0 Å². The highest BCUT2D eigenvalue weighted by Crippen LogP contribution is 2.38. The standard InChI is InChI=1S/C14H23ClFN/c1-4-6-7-9-14(3,8-5-2)13-11(15)10-12(16)17-13/h10,17H,4-9H2,1-3H3. The van der Waals surface area contributed by atoms with Crippen LogP contribution >= 0.6 is 11.6 Å². The van der Waals surface area contributed by atoms with Crippen LogP contribution < -0.4 is 0 Å². The Bertz CT molecular complexity index is 348. The molecule has 0 aliphatic rings. The highest BCUT2D eigenvalue weighted by Gasteiger charge is 2.29. The number of unbranched alkanes of at least 4 members (excludes halogenated alkanes) is 2. The molecule has 1 aromatic heterocycles. The molecule has 0 saturated carbocycles. The third-order valence-electron chi connectivity index (χ3n) is 3.47. The van der Waals surface area contributed by atoms with Crippen molar-refractivity contribution in [2.24, 2.45) is 0 Å². The van der Waals surface area contributed by atoms with Gasteiger partial charge in [-0.25, -0.2) is 0 Å². The van der Waals surface area contributed by atoms with Crippen LogP contribution in [0.1, 0.15) is 65.0 Å². The lowest BCUT2D eigenvalue weighted by molar-refractivity contribution is 0.367. The first kappa shape index (κ1) is 14.6. The van der Waals surface area contributed by atoms with E-state index in [0.29, 0.717) is 5.02 Å². The van der Waals surface area contributed by atoms with Gasteiger partial charge in [-0.3, -0.25) is 0 Å². The highest BCUT2D eigenvalue weighted by molar-refractivity contribution is 6.31. The second kappa shape index (κ2) is 6.44. The molecule has 17 heavy (non-hydrogen) atoms. The van der Waals surface area contributed by atoms with Crippen molar-refractivity contribution in [1.29, 1.82) is 0 Å². The molecular weight excluding hydrogens is 237 g/mol. The van der Waals surface area contributed by atoms with E-state index >= 15 is 0 Å². The van der Waals surface area contributed by atoms with E-state index in [1.165, 1.54) is 25.3 Å². The molecule has 0 saturated heterocycles. The fourth-order valence-electron chi connectivity index (χ4n) is 2.53. The molecule has 1 unspecified atom stereocenters. The predicted molar refractivity (Wildman–Crippen MR) is 72.2 cm³/mol. The predicted octanol–water partition coefficient (Wildman–Crippen LogP) is 5.45. The maximum Gasteiger partial charge on any atom is 0.192 e. The Morgan fingerprint density at radius 3 is 2.41 bits per heavy atom. The van der Waals surface area contributed by atoms with Gasteiger partial charge in [0, 0.05) is 17.2 Å². The van der Waals surface area contributed by atoms with Gasteiger partial charge in [-0.1, -0.05) is 58.1 Å². The number of halogens is 2. The number of hydrogen-bond donors (Lipinski definition) is 1. The maximum atomic E-state index is 13.2. The first-order valence-electron chi connectivity index (χ1n) is 6.58. The molecule has 1 rings (SSSR count). The van der Waals surface area contributed by atoms with Crippen molar-refractivity contribution in [3.63, 3.8) is 0 Å². The van der Waals surface area contributed by atoms with Crippen LogP contribution in [0, 0.1) is 5.95 Å². The average molecular weight is 260 g/mol. The Balaban J connectivity index is 2.86. The number of aromatic amines is 1. The Labute approximate surface area is 109 Å². The Kier molecular flexibility index (Phi) is 5.51. The number of hydrogen-bond acceptors (Lipinski definition) is 0. The van der Waals surface area contributed by atoms with Gasteiger partial charge in [0.2, 0.25) is 0 Å². The quantitative estimate of drug-likeness (QED) is 0.627. The van der Waals surface area contributed by atoms with Crippen LogP contribution in [0.4, 0.5) is 4.39 Å². The molecule has 1 atom stereocenters. The van der Waals surface area contributed by atoms with Gasteiger partial charge < -0.3 is 4.98 Å². The summed E-state index contributed by atoms with van der Waals surface area (Å²) in [7, 11) is 0. The summed E-state index contributed by atoms with van der Waals surface area (Å²) in [6.07, 6.45) is 6.78. The molecule has 0 aliphatic heterocycles. The number of rotatable bonds is 7. The van der Waals surface area contributed by atoms with E-state index < -0.39 is 0 Å². The van der Waals surface area contributed by atoms with Crippen molar-refractivity contribution in [3.05, 3.63) is 22.7 Å². The summed E-state index contributed by atoms with van der Waals surface area (Å²) in [5.74, 6) is -0.331. The van der Waals surface area contributed by atoms with E-state index in [9.17, 15) is 4.39 Å². The minimum atomic E-state index is -0.331. The van der Waals surface area contributed by atoms with Crippen molar-refractivity contribution in [3.8, 4) is 0 Å². The lowest BCUT2D eigenvalue weighted by Crippen LogP contribution is -2.23. The lowest BCUT2D eigenvalue weighted by Gasteiger charge is -2.29. The van der Waals surface area contributed by atoms with E-state index in [2.05, 4.69) is 25.8 Å². The van der Waals surface area contributed by atoms with Gasteiger partial charge in [-0.15, -0.1) is 0 Å². The van der Waals surface area contributed by atoms with Gasteiger partial charge in [-0.05, 0) is 12.8 Å². The second-order valence-electron chi connectivity index (χ2n) is 5.11. The summed E-state index contributed by atoms with van der Waals surface area (Å²) < 4.78 is 13.2. The monoisotopic (exact) mass is 259 g/mol. The minimum absolute atomic E-state index is 0.0225. The van der Waals surface area contributed by atoms with E-state index in [4.69, 9.17) is 11.6 Å². The fourth-order valence-corrected chi connectivity index (χ4v) is 2.90. The summed E-state index contributed by atoms with van der Waals surface area (Å²) in [5.41, 5.74) is 0.848. The Morgan fingerprint density at radius 2 is 1.94 bits per heavy atom. The third kappa shape index (κ3) is 3.74. The largest absolute Gasteiger partial charge is 0.334 e. The second-order valence-corrected chi connectivity index (χ2v) is 5.52. The molecule has 0 amide bonds. The first-order valence-corrected chi connectivity index (χ1v) is 6.95. The van der Waals surface area contributed by atoms with Crippen LogP contribution in [0.2, 0.25) is 5.02 Å². The van der Waals surface area contributed by atoms with Gasteiger partial charge in [0.1, 0.15) is 0 Å². The normalized spacial score (nSPS) is 14.9. The molecule has 0 fully saturated rings. The van der Waals surface area contributed by atoms with Crippen molar-refractivity contribution >= 4 is 11.6 Å². The molecule has 3 heteroatoms. The van der Waals surface area contributed by atoms with Crippen molar-refractivity contribution in [2.45, 2.75) is 64.7 Å². The Hall–Kier alpha value is -0.500. The van der Waals surface area contributed by atoms with Crippen molar-refractivity contribution < 1.29 is 4.39 Å². The highest BCUT2D eigenvalue weighted by atomic mass is 35.5. The molecule has 1 N–H and O–H groups in total. The van der Waals surface area contributed by atoms with Gasteiger partial charge in [0.15, 0.2) is 5.95 Å². The molecule has 98 valence electrons. The van der Waals surface area contributed by atoms with E-state index in [-0.39, 0.29) is 11.4 Å². The molecule has 0 bridgehead atoms. The minimum Gasteiger partial charge on any atom is -0.334 e. The maximum absolute atomic E-state index is 13.2. The van der Waals surface area contributed by atoms with Crippen molar-refractivity contribution in [2.75, 3.05) is 0 Å². The summed E-state index contributed by atoms with van der Waals surface area (Å²) in [6, 6.07) is 1.38. The molecule has 0 aromatic carbocycles. The molecule has 1 heterocycles. The lowest BCUT2D eigenvalue weighted by atomic mass is 9.78. The van der Waals surface area contributed by atoms with Crippen LogP contribution in [0.25, 0.3) is 0 Å². The SMILES string of the molecule is CCCCCC(C)(CCC)c1[nH]c(F)cc1Cl. The molecule has 1 nitrogen and oxygen atoms in total. The first-order chi connectivity index (χ1) is 8.03. The van der Waals surface area contributed by atoms with Crippen LogP contribution in [0.15, 0.2) is 6.07 Å². The molecular formula is C14H23ClFN. The molecule has 0 aliphatic carbocycles. The van der Waals surface area contributed by atoms with Crippen molar-refractivity contribution in [1.82, 2.24) is 4.98 Å². The number of nitrogens with one attached hydrogen (secondary N) is 1. The molecule has 0 radical (unpaired) electrons. The zero-order valence-electron chi connectivity index (χ0n) is 11.1. The van der Waals surface area contributed by atoms with E-state index in [1.54, 1.807) is 0 Å². The van der Waals surface area contributed by atoms with Gasteiger partial charge in [-0.2, -0.15) is 4.39 Å². The topological polar surface area (TPSA) is 15.8 Å². The van der Waals surface area contributed by atoms with E-state index in [0.717, 1.165) is 25.0 Å². The van der Waals surface area contributed by atoms with Crippen LogP contribution in [0.5, 0.6) is 0 Å². The zero-order chi connectivity index (χ0) is 12.9. The van der Waals surface area contributed by atoms with Crippen LogP contribution in [-0.4, -0.2) is 4.98 Å². The van der Waals surface area contributed by atoms with Gasteiger partial charge in [0.05, 0.1) is 5.02 Å². The van der Waals surface area contributed by atoms with Gasteiger partial charge >= 0.3 is 0 Å². The average Bonchev–Trinajstić information content (AvgIpc) is 2.59. The summed E-state index contributed by atoms with van der Waals surface area (Å²) in [6.45, 7) is 6.53. The van der Waals surface area contributed by atoms with Gasteiger partial charge in [0.25, 0.3) is 0 Å². The third-order valence-corrected chi connectivity index (χ3v) is 3.77. The Morgan fingerprint density at radius 1 is 1.24 bits per heavy atom. The smallest absolute Gasteiger partial charge is 0.192 e. The molecule has 0 spiro atoms. The fraction of sp³-hybridized carbons (Fsp3) is 0.714. The summed E-state index contributed by atoms with van der Waals surface area (Å²) in [5, 5.41) is 0.537. The van der Waals surface area contributed by atoms with Crippen LogP contribution in [-0.2, 0) is 5.41 Å². The number of H-pyrrole nitrogens is 1. The zero-order valence-corrected chi connectivity index (χ0v) is 11.8. The van der Waals surface area contributed by atoms with Crippen LogP contribution in [0.3, 0.4) is 0 Å². The summed E-state index contributed by atoms with van der Waals surface area (Å²) >= 11 is 6.11. The number of aromatic nitrogens is 1. The molecule has 1 aromatic rings. The summed E-state index contributed by atoms with van der Waals surface area (Å²) in [4.78, 5) is 2.80.